The fourth-order valence-electron chi connectivity index (χ4n) is 3.21. The zero-order valence-corrected chi connectivity index (χ0v) is 11.8. The minimum atomic E-state index is 0.267. The van der Waals surface area contributed by atoms with Gasteiger partial charge in [0.25, 0.3) is 0 Å². The Morgan fingerprint density at radius 3 is 2.60 bits per heavy atom. The van der Waals surface area contributed by atoms with Gasteiger partial charge in [-0.15, -0.1) is 11.8 Å². The van der Waals surface area contributed by atoms with E-state index >= 15 is 0 Å². The molecule has 1 fully saturated rings. The number of anilines is 1. The number of benzene rings is 2. The number of carbonyl (C=O) groups excluding carboxylic acids is 1. The first kappa shape index (κ1) is 12.0. The van der Waals surface area contributed by atoms with E-state index in [-0.39, 0.29) is 5.91 Å². The molecular weight excluding hydrogens is 266 g/mol. The molecule has 2 aliphatic rings. The van der Waals surface area contributed by atoms with E-state index in [1.165, 1.54) is 10.5 Å². The number of hydrogen-bond acceptors (Lipinski definition) is 2. The Morgan fingerprint density at radius 1 is 1.00 bits per heavy atom. The van der Waals surface area contributed by atoms with Crippen LogP contribution in [0.5, 0.6) is 0 Å². The maximum atomic E-state index is 12.3. The number of para-hydroxylation sites is 1. The lowest BCUT2D eigenvalue weighted by atomic mass is 10.0. The summed E-state index contributed by atoms with van der Waals surface area (Å²) in [5.74, 6) is 0.267. The van der Waals surface area contributed by atoms with E-state index in [0.29, 0.717) is 17.7 Å². The molecule has 100 valence electrons. The van der Waals surface area contributed by atoms with Gasteiger partial charge in [0, 0.05) is 11.3 Å². The molecule has 1 amide bonds. The molecule has 2 aromatic rings. The Kier molecular flexibility index (Phi) is 2.81. The minimum Gasteiger partial charge on any atom is -0.307 e. The van der Waals surface area contributed by atoms with Gasteiger partial charge in [0.15, 0.2) is 0 Å². The largest absolute Gasteiger partial charge is 0.307 e. The molecule has 2 atom stereocenters. The summed E-state index contributed by atoms with van der Waals surface area (Å²) in [5, 5.41) is 0.345. The maximum absolute atomic E-state index is 12.3. The van der Waals surface area contributed by atoms with Crippen molar-refractivity contribution in [2.45, 2.75) is 29.0 Å². The summed E-state index contributed by atoms with van der Waals surface area (Å²) in [6, 6.07) is 19.1. The first-order valence-electron chi connectivity index (χ1n) is 6.97. The van der Waals surface area contributed by atoms with Crippen molar-refractivity contribution in [3.63, 3.8) is 0 Å². The number of fused-ring (bicyclic) bond motifs is 3. The molecule has 0 saturated carbocycles. The fourth-order valence-corrected chi connectivity index (χ4v) is 4.64. The average Bonchev–Trinajstić information content (AvgIpc) is 2.90. The lowest BCUT2D eigenvalue weighted by Gasteiger charge is -2.37. The molecule has 20 heavy (non-hydrogen) atoms. The molecule has 0 unspecified atom stereocenters. The average molecular weight is 281 g/mol. The second kappa shape index (κ2) is 4.67. The van der Waals surface area contributed by atoms with Gasteiger partial charge in [0.1, 0.15) is 0 Å². The summed E-state index contributed by atoms with van der Waals surface area (Å²) in [6.07, 6.45) is 1.63. The predicted molar refractivity (Wildman–Crippen MR) is 82.0 cm³/mol. The third-order valence-corrected chi connectivity index (χ3v) is 5.55. The molecule has 0 bridgehead atoms. The van der Waals surface area contributed by atoms with Gasteiger partial charge >= 0.3 is 0 Å². The third-order valence-electron chi connectivity index (χ3n) is 4.11. The Morgan fingerprint density at radius 2 is 1.75 bits per heavy atom. The smallest absolute Gasteiger partial charge is 0.227 e. The number of thioether (sulfide) groups is 1. The first-order chi connectivity index (χ1) is 9.84. The van der Waals surface area contributed by atoms with Crippen molar-refractivity contribution >= 4 is 23.4 Å². The summed E-state index contributed by atoms with van der Waals surface area (Å²) in [6.45, 7) is 0. The van der Waals surface area contributed by atoms with Gasteiger partial charge in [-0.3, -0.25) is 4.79 Å². The fraction of sp³-hybridized carbons (Fsp3) is 0.235. The van der Waals surface area contributed by atoms with Gasteiger partial charge in [-0.1, -0.05) is 42.5 Å². The Bertz CT molecular complexity index is 655. The molecule has 0 aromatic heterocycles. The number of amides is 1. The van der Waals surface area contributed by atoms with E-state index in [1.807, 2.05) is 28.8 Å². The van der Waals surface area contributed by atoms with Crippen LogP contribution in [0, 0.1) is 0 Å². The number of hydrogen-bond donors (Lipinski definition) is 0. The topological polar surface area (TPSA) is 20.3 Å². The van der Waals surface area contributed by atoms with E-state index in [2.05, 4.69) is 42.5 Å². The quantitative estimate of drug-likeness (QED) is 0.786. The van der Waals surface area contributed by atoms with Crippen LogP contribution in [0.4, 0.5) is 5.69 Å². The summed E-state index contributed by atoms with van der Waals surface area (Å²) in [7, 11) is 0. The zero-order chi connectivity index (χ0) is 13.5. The van der Waals surface area contributed by atoms with Crippen molar-refractivity contribution in [1.82, 2.24) is 0 Å². The van der Waals surface area contributed by atoms with Crippen LogP contribution < -0.4 is 4.90 Å². The van der Waals surface area contributed by atoms with Gasteiger partial charge < -0.3 is 4.90 Å². The van der Waals surface area contributed by atoms with Gasteiger partial charge in [-0.05, 0) is 24.1 Å². The number of rotatable bonds is 1. The van der Waals surface area contributed by atoms with E-state index in [9.17, 15) is 4.79 Å². The Balaban J connectivity index is 1.83. The highest BCUT2D eigenvalue weighted by atomic mass is 32.2. The zero-order valence-electron chi connectivity index (χ0n) is 11.0. The molecule has 0 aliphatic carbocycles. The molecule has 0 N–H and O–H groups in total. The van der Waals surface area contributed by atoms with Crippen molar-refractivity contribution in [2.24, 2.45) is 0 Å². The summed E-state index contributed by atoms with van der Waals surface area (Å²) in [4.78, 5) is 15.5. The normalized spacial score (nSPS) is 24.4. The van der Waals surface area contributed by atoms with E-state index in [0.717, 1.165) is 12.1 Å². The van der Waals surface area contributed by atoms with Crippen molar-refractivity contribution in [1.29, 1.82) is 0 Å². The Labute approximate surface area is 122 Å². The summed E-state index contributed by atoms with van der Waals surface area (Å²) >= 11 is 1.89. The van der Waals surface area contributed by atoms with Crippen molar-refractivity contribution in [2.75, 3.05) is 4.90 Å². The maximum Gasteiger partial charge on any atom is 0.227 e. The molecule has 2 nitrogen and oxygen atoms in total. The summed E-state index contributed by atoms with van der Waals surface area (Å²) in [5.41, 5.74) is 2.41. The van der Waals surface area contributed by atoms with Crippen LogP contribution in [0.1, 0.15) is 23.7 Å². The monoisotopic (exact) mass is 281 g/mol. The van der Waals surface area contributed by atoms with Crippen LogP contribution in [0.25, 0.3) is 0 Å². The predicted octanol–water partition coefficient (Wildman–Crippen LogP) is 4.03. The molecule has 2 aliphatic heterocycles. The SMILES string of the molecule is O=C1CC[C@@H]2[C@@H](c3ccccc3)Sc3ccccc3N12. The standard InChI is InChI=1S/C17H15NOS/c19-16-11-10-14-17(12-6-2-1-3-7-12)20-15-9-5-4-8-13(15)18(14)16/h1-9,14,17H,10-11H2/t14-,17-/m1/s1. The van der Waals surface area contributed by atoms with Gasteiger partial charge in [-0.25, -0.2) is 0 Å². The Hall–Kier alpha value is -1.74. The van der Waals surface area contributed by atoms with Gasteiger partial charge in [0.05, 0.1) is 17.0 Å². The van der Waals surface area contributed by atoms with Crippen LogP contribution in [-0.2, 0) is 4.79 Å². The van der Waals surface area contributed by atoms with Crippen LogP contribution in [0.3, 0.4) is 0 Å². The van der Waals surface area contributed by atoms with Gasteiger partial charge in [-0.2, -0.15) is 0 Å². The molecule has 3 heteroatoms. The van der Waals surface area contributed by atoms with Crippen LogP contribution in [0.2, 0.25) is 0 Å². The van der Waals surface area contributed by atoms with Crippen LogP contribution in [0.15, 0.2) is 59.5 Å². The summed E-state index contributed by atoms with van der Waals surface area (Å²) < 4.78 is 0. The molecule has 0 spiro atoms. The highest BCUT2D eigenvalue weighted by molar-refractivity contribution is 7.99. The second-order valence-corrected chi connectivity index (χ2v) is 6.47. The van der Waals surface area contributed by atoms with Crippen molar-refractivity contribution in [3.05, 3.63) is 60.2 Å². The molecule has 4 rings (SSSR count). The number of carbonyl (C=O) groups is 1. The first-order valence-corrected chi connectivity index (χ1v) is 7.85. The molecule has 0 radical (unpaired) electrons. The minimum absolute atomic E-state index is 0.267. The van der Waals surface area contributed by atoms with Crippen molar-refractivity contribution < 1.29 is 4.79 Å². The highest BCUT2D eigenvalue weighted by Gasteiger charge is 2.42. The van der Waals surface area contributed by atoms with Gasteiger partial charge in [0.2, 0.25) is 5.91 Å². The van der Waals surface area contributed by atoms with Crippen LogP contribution in [-0.4, -0.2) is 11.9 Å². The molecule has 2 aromatic carbocycles. The molecule has 1 saturated heterocycles. The highest BCUT2D eigenvalue weighted by Crippen LogP contribution is 2.52. The lowest BCUT2D eigenvalue weighted by Crippen LogP contribution is -2.39. The molecule has 2 heterocycles. The van der Waals surface area contributed by atoms with E-state index < -0.39 is 0 Å². The van der Waals surface area contributed by atoms with E-state index in [4.69, 9.17) is 0 Å². The van der Waals surface area contributed by atoms with Crippen molar-refractivity contribution in [3.8, 4) is 0 Å². The third kappa shape index (κ3) is 1.77. The van der Waals surface area contributed by atoms with E-state index in [1.54, 1.807) is 0 Å². The molecular formula is C17H15NOS. The van der Waals surface area contributed by atoms with Crippen LogP contribution >= 0.6 is 11.8 Å². The number of nitrogens with zero attached hydrogens (tertiary/aromatic N) is 1. The second-order valence-electron chi connectivity index (χ2n) is 5.29. The lowest BCUT2D eigenvalue weighted by molar-refractivity contribution is -0.117.